The van der Waals surface area contributed by atoms with Crippen LogP contribution in [-0.2, 0) is 6.54 Å². The molecule has 0 spiro atoms. The summed E-state index contributed by atoms with van der Waals surface area (Å²) in [6.45, 7) is 5.52. The predicted molar refractivity (Wildman–Crippen MR) is 145 cm³/mol. The van der Waals surface area contributed by atoms with Gasteiger partial charge >= 0.3 is 6.09 Å². The highest BCUT2D eigenvalue weighted by atomic mass is 35.5. The van der Waals surface area contributed by atoms with Gasteiger partial charge in [0.15, 0.2) is 0 Å². The smallest absolute Gasteiger partial charge is 0.415 e. The predicted octanol–water partition coefficient (Wildman–Crippen LogP) is 7.52. The van der Waals surface area contributed by atoms with E-state index in [1.165, 1.54) is 0 Å². The first kappa shape index (κ1) is 25.7. The maximum Gasteiger partial charge on any atom is 0.415 e. The average Bonchev–Trinajstić information content (AvgIpc) is 3.26. The molecule has 0 saturated carbocycles. The second kappa shape index (κ2) is 11.1. The Hall–Kier alpha value is -3.35. The number of hydrogen-bond donors (Lipinski definition) is 0. The maximum absolute atomic E-state index is 12.8. The molecule has 0 saturated heterocycles. The normalized spacial score (nSPS) is 10.9. The van der Waals surface area contributed by atoms with Crippen LogP contribution in [0.1, 0.15) is 19.4 Å². The summed E-state index contributed by atoms with van der Waals surface area (Å²) in [4.78, 5) is 14.4. The van der Waals surface area contributed by atoms with Crippen LogP contribution in [0.2, 0.25) is 10.0 Å². The number of benzene rings is 3. The third-order valence-corrected chi connectivity index (χ3v) is 6.49. The van der Waals surface area contributed by atoms with E-state index in [0.29, 0.717) is 35.4 Å². The first-order valence-electron chi connectivity index (χ1n) is 11.6. The van der Waals surface area contributed by atoms with Crippen molar-refractivity contribution in [2.75, 3.05) is 27.3 Å². The van der Waals surface area contributed by atoms with Gasteiger partial charge in [-0.15, -0.1) is 0 Å². The lowest BCUT2D eigenvalue weighted by Crippen LogP contribution is -2.33. The molecular formula is C28H28Cl2N2O4. The minimum Gasteiger partial charge on any atom is -0.497 e. The van der Waals surface area contributed by atoms with Crippen molar-refractivity contribution in [1.82, 2.24) is 9.47 Å². The Labute approximate surface area is 220 Å². The second-order valence-electron chi connectivity index (χ2n) is 8.23. The van der Waals surface area contributed by atoms with Gasteiger partial charge in [-0.3, -0.25) is 0 Å². The number of halogens is 2. The fraction of sp³-hybridized carbons (Fsp3) is 0.250. The summed E-state index contributed by atoms with van der Waals surface area (Å²) < 4.78 is 18.9. The number of hydrogen-bond acceptors (Lipinski definition) is 4. The molecule has 4 rings (SSSR count). The summed E-state index contributed by atoms with van der Waals surface area (Å²) in [5, 5.41) is 1.91. The monoisotopic (exact) mass is 526 g/mol. The summed E-state index contributed by atoms with van der Waals surface area (Å²) in [7, 11) is 3.26. The molecule has 188 valence electrons. The number of carbonyl (C=O) groups is 1. The molecule has 0 aliphatic rings. The molecule has 0 aliphatic heterocycles. The first-order chi connectivity index (χ1) is 17.4. The van der Waals surface area contributed by atoms with Crippen molar-refractivity contribution in [3.8, 4) is 28.4 Å². The number of amides is 1. The SMILES string of the molecule is CCN(CC)C(=O)Oc1ccc2c(ccn2Cc2cc(OC)cc(OC)c2)c1-c1cc(Cl)cc(Cl)c1. The molecule has 0 radical (unpaired) electrons. The molecule has 1 aromatic heterocycles. The van der Waals surface area contributed by atoms with E-state index >= 15 is 0 Å². The zero-order valence-electron chi connectivity index (χ0n) is 20.7. The molecule has 0 atom stereocenters. The molecule has 4 aromatic rings. The first-order valence-corrected chi connectivity index (χ1v) is 12.4. The van der Waals surface area contributed by atoms with Gasteiger partial charge in [0.1, 0.15) is 17.2 Å². The topological polar surface area (TPSA) is 52.9 Å². The van der Waals surface area contributed by atoms with Crippen molar-refractivity contribution in [3.05, 3.63) is 76.4 Å². The Morgan fingerprint density at radius 1 is 0.889 bits per heavy atom. The molecule has 0 N–H and O–H groups in total. The highest BCUT2D eigenvalue weighted by Crippen LogP contribution is 2.40. The number of aromatic nitrogens is 1. The van der Waals surface area contributed by atoms with Gasteiger partial charge in [0.05, 0.1) is 14.2 Å². The van der Waals surface area contributed by atoms with Crippen LogP contribution < -0.4 is 14.2 Å². The molecular weight excluding hydrogens is 499 g/mol. The molecule has 3 aromatic carbocycles. The molecule has 0 unspecified atom stereocenters. The average molecular weight is 527 g/mol. The van der Waals surface area contributed by atoms with E-state index in [1.807, 2.05) is 68.6 Å². The Morgan fingerprint density at radius 3 is 2.11 bits per heavy atom. The Kier molecular flexibility index (Phi) is 7.97. The van der Waals surface area contributed by atoms with Crippen molar-refractivity contribution >= 4 is 40.2 Å². The van der Waals surface area contributed by atoms with Crippen LogP contribution in [-0.4, -0.2) is 42.9 Å². The van der Waals surface area contributed by atoms with E-state index in [-0.39, 0.29) is 0 Å². The van der Waals surface area contributed by atoms with Gasteiger partial charge in [-0.25, -0.2) is 4.79 Å². The molecule has 1 amide bonds. The summed E-state index contributed by atoms with van der Waals surface area (Å²) in [6, 6.07) is 16.9. The van der Waals surface area contributed by atoms with Crippen LogP contribution in [0.25, 0.3) is 22.0 Å². The molecule has 8 heteroatoms. The summed E-state index contributed by atoms with van der Waals surface area (Å²) in [5.74, 6) is 1.89. The van der Waals surface area contributed by atoms with Crippen LogP contribution in [0.4, 0.5) is 4.79 Å². The van der Waals surface area contributed by atoms with Crippen LogP contribution in [0.5, 0.6) is 17.2 Å². The van der Waals surface area contributed by atoms with Gasteiger partial charge in [-0.1, -0.05) is 23.2 Å². The summed E-state index contributed by atoms with van der Waals surface area (Å²) in [6.07, 6.45) is 1.60. The van der Waals surface area contributed by atoms with Crippen LogP contribution >= 0.6 is 23.2 Å². The molecule has 1 heterocycles. The van der Waals surface area contributed by atoms with Crippen molar-refractivity contribution in [2.45, 2.75) is 20.4 Å². The van der Waals surface area contributed by atoms with Gasteiger partial charge in [-0.05, 0) is 73.5 Å². The van der Waals surface area contributed by atoms with Gasteiger partial charge in [-0.2, -0.15) is 0 Å². The molecule has 6 nitrogen and oxygen atoms in total. The highest BCUT2D eigenvalue weighted by molar-refractivity contribution is 6.35. The van der Waals surface area contributed by atoms with Gasteiger partial charge in [0.25, 0.3) is 0 Å². The van der Waals surface area contributed by atoms with Crippen LogP contribution in [0.15, 0.2) is 60.8 Å². The fourth-order valence-corrected chi connectivity index (χ4v) is 4.79. The molecule has 0 fully saturated rings. The van der Waals surface area contributed by atoms with E-state index < -0.39 is 6.09 Å². The largest absolute Gasteiger partial charge is 0.497 e. The number of nitrogens with zero attached hydrogens (tertiary/aromatic N) is 2. The lowest BCUT2D eigenvalue weighted by Gasteiger charge is -2.20. The highest BCUT2D eigenvalue weighted by Gasteiger charge is 2.20. The second-order valence-corrected chi connectivity index (χ2v) is 9.11. The number of rotatable bonds is 8. The van der Waals surface area contributed by atoms with Crippen molar-refractivity contribution < 1.29 is 19.0 Å². The van der Waals surface area contributed by atoms with E-state index in [1.54, 1.807) is 25.2 Å². The third kappa shape index (κ3) is 5.40. The number of fused-ring (bicyclic) bond motifs is 1. The number of carbonyl (C=O) groups excluding carboxylic acids is 1. The van der Waals surface area contributed by atoms with E-state index in [2.05, 4.69) is 4.57 Å². The van der Waals surface area contributed by atoms with E-state index in [0.717, 1.165) is 39.1 Å². The van der Waals surface area contributed by atoms with Crippen LogP contribution in [0.3, 0.4) is 0 Å². The molecule has 0 aliphatic carbocycles. The van der Waals surface area contributed by atoms with E-state index in [9.17, 15) is 4.79 Å². The Bertz CT molecular complexity index is 1350. The standard InChI is InChI=1S/C28H28Cl2N2O4/c1-5-31(6-2)28(33)36-26-8-7-25-24(27(26)19-13-20(29)15-21(30)14-19)9-10-32(25)17-18-11-22(34-3)16-23(12-18)35-4/h7-16H,5-6,17H2,1-4H3. The quantitative estimate of drug-likeness (QED) is 0.238. The van der Waals surface area contributed by atoms with Crippen LogP contribution in [0, 0.1) is 0 Å². The minimum absolute atomic E-state index is 0.406. The van der Waals surface area contributed by atoms with Gasteiger partial charge < -0.3 is 23.7 Å². The maximum atomic E-state index is 12.8. The lowest BCUT2D eigenvalue weighted by atomic mass is 10.0. The third-order valence-electron chi connectivity index (χ3n) is 6.05. The zero-order chi connectivity index (χ0) is 25.8. The van der Waals surface area contributed by atoms with Gasteiger partial charge in [0, 0.05) is 58.4 Å². The minimum atomic E-state index is -0.406. The van der Waals surface area contributed by atoms with Gasteiger partial charge in [0.2, 0.25) is 0 Å². The number of ether oxygens (including phenoxy) is 3. The zero-order valence-corrected chi connectivity index (χ0v) is 22.2. The Balaban J connectivity index is 1.83. The molecule has 36 heavy (non-hydrogen) atoms. The van der Waals surface area contributed by atoms with Crippen molar-refractivity contribution in [1.29, 1.82) is 0 Å². The number of methoxy groups -OCH3 is 2. The lowest BCUT2D eigenvalue weighted by molar-refractivity contribution is 0.157. The summed E-state index contributed by atoms with van der Waals surface area (Å²) in [5.41, 5.74) is 3.50. The van der Waals surface area contributed by atoms with E-state index in [4.69, 9.17) is 37.4 Å². The summed E-state index contributed by atoms with van der Waals surface area (Å²) >= 11 is 12.7. The fourth-order valence-electron chi connectivity index (χ4n) is 4.27. The Morgan fingerprint density at radius 2 is 1.53 bits per heavy atom. The molecule has 0 bridgehead atoms. The van der Waals surface area contributed by atoms with Crippen molar-refractivity contribution in [3.63, 3.8) is 0 Å². The van der Waals surface area contributed by atoms with Crippen molar-refractivity contribution in [2.24, 2.45) is 0 Å².